The van der Waals surface area contributed by atoms with E-state index in [4.69, 9.17) is 0 Å². The summed E-state index contributed by atoms with van der Waals surface area (Å²) in [5.41, 5.74) is 2.01. The second-order valence-electron chi connectivity index (χ2n) is 7.03. The maximum Gasteiger partial charge on any atom is 0.203 e. The van der Waals surface area contributed by atoms with Crippen LogP contribution in [-0.4, -0.2) is 10.9 Å². The largest absolute Gasteiger partial charge is 0.384 e. The number of rotatable bonds is 4. The van der Waals surface area contributed by atoms with E-state index in [1.165, 1.54) is 11.3 Å². The van der Waals surface area contributed by atoms with E-state index in [9.17, 15) is 9.90 Å². The van der Waals surface area contributed by atoms with Gasteiger partial charge in [-0.3, -0.25) is 4.79 Å². The molecule has 0 radical (unpaired) electrons. The molecule has 0 aliphatic rings. The van der Waals surface area contributed by atoms with Crippen LogP contribution in [-0.2, 0) is 0 Å². The van der Waals surface area contributed by atoms with Crippen molar-refractivity contribution < 1.29 is 9.90 Å². The van der Waals surface area contributed by atoms with Gasteiger partial charge in [0.2, 0.25) is 5.78 Å². The van der Waals surface area contributed by atoms with Crippen LogP contribution < -0.4 is 0 Å². The Morgan fingerprint density at radius 1 is 0.759 bits per heavy atom. The van der Waals surface area contributed by atoms with Crippen LogP contribution in [0.2, 0.25) is 0 Å². The molecule has 1 atom stereocenters. The van der Waals surface area contributed by atoms with E-state index in [1.807, 2.05) is 72.1 Å². The average Bonchev–Trinajstić information content (AvgIpc) is 3.31. The fourth-order valence-electron chi connectivity index (χ4n) is 3.98. The van der Waals surface area contributed by atoms with E-state index in [0.717, 1.165) is 27.1 Å². The summed E-state index contributed by atoms with van der Waals surface area (Å²) >= 11 is 1.42. The molecule has 0 aliphatic carbocycles. The molecule has 0 aliphatic heterocycles. The molecule has 4 aromatic carbocycles. The standard InChI is InChI=1S/C26H18O2S/c27-25(23-14-7-15-29-23)21-12-5-6-13-22(21)26(28)24-19-10-3-1-8-17(19)16-18-9-2-4-11-20(18)24/h1-16,26,28H. The first-order chi connectivity index (χ1) is 14.2. The minimum absolute atomic E-state index is 0.0563. The van der Waals surface area contributed by atoms with Crippen LogP contribution in [0.1, 0.15) is 32.5 Å². The summed E-state index contributed by atoms with van der Waals surface area (Å²) in [5, 5.41) is 17.6. The molecule has 0 bridgehead atoms. The summed E-state index contributed by atoms with van der Waals surface area (Å²) in [6.45, 7) is 0. The van der Waals surface area contributed by atoms with Crippen LogP contribution in [0.3, 0.4) is 0 Å². The quantitative estimate of drug-likeness (QED) is 0.284. The number of thiophene rings is 1. The van der Waals surface area contributed by atoms with E-state index in [1.54, 1.807) is 6.07 Å². The van der Waals surface area contributed by atoms with E-state index < -0.39 is 6.10 Å². The number of benzene rings is 4. The number of carbonyl (C=O) groups is 1. The lowest BCUT2D eigenvalue weighted by Crippen LogP contribution is -2.10. The lowest BCUT2D eigenvalue weighted by Gasteiger charge is -2.19. The van der Waals surface area contributed by atoms with Crippen molar-refractivity contribution in [3.8, 4) is 0 Å². The van der Waals surface area contributed by atoms with Crippen molar-refractivity contribution >= 4 is 38.7 Å². The molecule has 3 heteroatoms. The molecule has 5 aromatic rings. The molecule has 0 amide bonds. The van der Waals surface area contributed by atoms with Crippen molar-refractivity contribution in [2.75, 3.05) is 0 Å². The Balaban J connectivity index is 1.76. The van der Waals surface area contributed by atoms with Crippen molar-refractivity contribution in [2.24, 2.45) is 0 Å². The summed E-state index contributed by atoms with van der Waals surface area (Å²) in [7, 11) is 0. The van der Waals surface area contributed by atoms with Crippen LogP contribution >= 0.6 is 11.3 Å². The van der Waals surface area contributed by atoms with Gasteiger partial charge >= 0.3 is 0 Å². The number of aliphatic hydroxyl groups excluding tert-OH is 1. The first-order valence-electron chi connectivity index (χ1n) is 9.49. The van der Waals surface area contributed by atoms with Gasteiger partial charge in [0.25, 0.3) is 0 Å². The molecule has 0 fully saturated rings. The monoisotopic (exact) mass is 394 g/mol. The Morgan fingerprint density at radius 2 is 1.38 bits per heavy atom. The highest BCUT2D eigenvalue weighted by Crippen LogP contribution is 2.37. The highest BCUT2D eigenvalue weighted by Gasteiger charge is 2.23. The SMILES string of the molecule is O=C(c1cccs1)c1ccccc1C(O)c1c2ccccc2cc2ccccc12. The minimum Gasteiger partial charge on any atom is -0.384 e. The lowest BCUT2D eigenvalue weighted by molar-refractivity contribution is 0.103. The first kappa shape index (κ1) is 17.8. The summed E-state index contributed by atoms with van der Waals surface area (Å²) in [4.78, 5) is 13.8. The van der Waals surface area contributed by atoms with Gasteiger partial charge in [0, 0.05) is 11.1 Å². The van der Waals surface area contributed by atoms with E-state index in [0.29, 0.717) is 16.0 Å². The molecule has 0 saturated carbocycles. The van der Waals surface area contributed by atoms with E-state index in [-0.39, 0.29) is 5.78 Å². The van der Waals surface area contributed by atoms with Gasteiger partial charge < -0.3 is 5.11 Å². The van der Waals surface area contributed by atoms with Gasteiger partial charge in [-0.05, 0) is 44.6 Å². The van der Waals surface area contributed by atoms with Gasteiger partial charge in [-0.1, -0.05) is 78.9 Å². The third kappa shape index (κ3) is 3.05. The number of ketones is 1. The number of aliphatic hydroxyl groups is 1. The summed E-state index contributed by atoms with van der Waals surface area (Å²) in [5.74, 6) is -0.0563. The van der Waals surface area contributed by atoms with E-state index in [2.05, 4.69) is 18.2 Å². The van der Waals surface area contributed by atoms with Crippen LogP contribution in [0.15, 0.2) is 96.4 Å². The smallest absolute Gasteiger partial charge is 0.203 e. The van der Waals surface area contributed by atoms with Crippen LogP contribution in [0.25, 0.3) is 21.5 Å². The number of fused-ring (bicyclic) bond motifs is 2. The Hall–Kier alpha value is -3.27. The van der Waals surface area contributed by atoms with E-state index >= 15 is 0 Å². The zero-order valence-electron chi connectivity index (χ0n) is 15.6. The molecule has 1 aromatic heterocycles. The second-order valence-corrected chi connectivity index (χ2v) is 7.98. The predicted molar refractivity (Wildman–Crippen MR) is 120 cm³/mol. The second kappa shape index (κ2) is 7.28. The lowest BCUT2D eigenvalue weighted by atomic mass is 9.88. The van der Waals surface area contributed by atoms with Crippen LogP contribution in [0.5, 0.6) is 0 Å². The minimum atomic E-state index is -0.911. The van der Waals surface area contributed by atoms with Crippen molar-refractivity contribution in [1.82, 2.24) is 0 Å². The van der Waals surface area contributed by atoms with Crippen molar-refractivity contribution in [2.45, 2.75) is 6.10 Å². The Labute approximate surface area is 172 Å². The number of hydrogen-bond donors (Lipinski definition) is 1. The molecule has 1 unspecified atom stereocenters. The Bertz CT molecular complexity index is 1280. The average molecular weight is 394 g/mol. The van der Waals surface area contributed by atoms with Crippen molar-refractivity contribution in [3.05, 3.63) is 118 Å². The highest BCUT2D eigenvalue weighted by atomic mass is 32.1. The molecular formula is C26H18O2S. The zero-order chi connectivity index (χ0) is 19.8. The third-order valence-corrected chi connectivity index (χ3v) is 6.20. The molecule has 0 saturated heterocycles. The molecular weight excluding hydrogens is 376 g/mol. The summed E-state index contributed by atoms with van der Waals surface area (Å²) in [6, 6.07) is 29.3. The normalized spacial score (nSPS) is 12.3. The highest BCUT2D eigenvalue weighted by molar-refractivity contribution is 7.12. The maximum atomic E-state index is 13.1. The number of hydrogen-bond acceptors (Lipinski definition) is 3. The fraction of sp³-hybridized carbons (Fsp3) is 0.0385. The summed E-state index contributed by atoms with van der Waals surface area (Å²) in [6.07, 6.45) is -0.911. The van der Waals surface area contributed by atoms with Gasteiger partial charge in [0.15, 0.2) is 0 Å². The fourth-order valence-corrected chi connectivity index (χ4v) is 4.66. The molecule has 0 spiro atoms. The molecule has 1 heterocycles. The topological polar surface area (TPSA) is 37.3 Å². The van der Waals surface area contributed by atoms with Crippen molar-refractivity contribution in [1.29, 1.82) is 0 Å². The first-order valence-corrected chi connectivity index (χ1v) is 10.4. The van der Waals surface area contributed by atoms with Crippen LogP contribution in [0.4, 0.5) is 0 Å². The third-order valence-electron chi connectivity index (χ3n) is 5.33. The molecule has 1 N–H and O–H groups in total. The Morgan fingerprint density at radius 3 is 2.03 bits per heavy atom. The summed E-state index contributed by atoms with van der Waals surface area (Å²) < 4.78 is 0. The van der Waals surface area contributed by atoms with Crippen molar-refractivity contribution in [3.63, 3.8) is 0 Å². The predicted octanol–water partition coefficient (Wildman–Crippen LogP) is 6.37. The molecule has 140 valence electrons. The van der Waals surface area contributed by atoms with Gasteiger partial charge in [-0.15, -0.1) is 11.3 Å². The van der Waals surface area contributed by atoms with Gasteiger partial charge in [-0.2, -0.15) is 0 Å². The van der Waals surface area contributed by atoms with Gasteiger partial charge in [-0.25, -0.2) is 0 Å². The van der Waals surface area contributed by atoms with Crippen LogP contribution in [0, 0.1) is 0 Å². The Kier molecular flexibility index (Phi) is 4.47. The maximum absolute atomic E-state index is 13.1. The van der Waals surface area contributed by atoms with Gasteiger partial charge in [0.1, 0.15) is 6.10 Å². The van der Waals surface area contributed by atoms with Gasteiger partial charge in [0.05, 0.1) is 4.88 Å². The number of carbonyl (C=O) groups excluding carboxylic acids is 1. The molecule has 5 rings (SSSR count). The molecule has 29 heavy (non-hydrogen) atoms. The molecule has 2 nitrogen and oxygen atoms in total. The zero-order valence-corrected chi connectivity index (χ0v) is 16.4.